The van der Waals surface area contributed by atoms with Crippen LogP contribution in [0.15, 0.2) is 30.5 Å². The van der Waals surface area contributed by atoms with Crippen LogP contribution in [0, 0.1) is 0 Å². The first-order chi connectivity index (χ1) is 9.78. The number of hydrogen-bond acceptors (Lipinski definition) is 3. The molecule has 0 atom stereocenters. The molecule has 0 radical (unpaired) electrons. The van der Waals surface area contributed by atoms with Crippen molar-refractivity contribution in [2.75, 3.05) is 12.4 Å². The highest BCUT2D eigenvalue weighted by Gasteiger charge is 2.20. The van der Waals surface area contributed by atoms with Gasteiger partial charge in [0.15, 0.2) is 0 Å². The smallest absolute Gasteiger partial charge is 0.134 e. The van der Waals surface area contributed by atoms with Gasteiger partial charge in [-0.2, -0.15) is 0 Å². The Kier molecular flexibility index (Phi) is 3.97. The maximum atomic E-state index is 6.16. The molecule has 0 spiro atoms. The van der Waals surface area contributed by atoms with Gasteiger partial charge in [-0.25, -0.2) is 4.98 Å². The van der Waals surface area contributed by atoms with Crippen molar-refractivity contribution in [3.63, 3.8) is 0 Å². The van der Waals surface area contributed by atoms with Gasteiger partial charge < -0.3 is 10.1 Å². The van der Waals surface area contributed by atoms with Crippen LogP contribution in [0.3, 0.4) is 0 Å². The number of hydrogen-bond donors (Lipinski definition) is 1. The van der Waals surface area contributed by atoms with Crippen molar-refractivity contribution in [3.05, 3.63) is 30.5 Å². The lowest BCUT2D eigenvalue weighted by Gasteiger charge is -2.26. The number of halogens is 1. The molecule has 3 rings (SSSR count). The van der Waals surface area contributed by atoms with E-state index in [0.29, 0.717) is 11.4 Å². The largest absolute Gasteiger partial charge is 0.496 e. The van der Waals surface area contributed by atoms with Gasteiger partial charge in [-0.05, 0) is 37.8 Å². The fourth-order valence-corrected chi connectivity index (χ4v) is 3.11. The minimum absolute atomic E-state index is 0.341. The molecule has 1 aromatic heterocycles. The van der Waals surface area contributed by atoms with E-state index in [0.717, 1.165) is 48.0 Å². The third-order valence-electron chi connectivity index (χ3n) is 3.98. The van der Waals surface area contributed by atoms with E-state index in [-0.39, 0.29) is 0 Å². The summed E-state index contributed by atoms with van der Waals surface area (Å²) in [5.41, 5.74) is 0. The Labute approximate surface area is 124 Å². The summed E-state index contributed by atoms with van der Waals surface area (Å²) in [7, 11) is 1.70. The normalized spacial score (nSPS) is 22.7. The van der Waals surface area contributed by atoms with Crippen LogP contribution in [0.4, 0.5) is 5.82 Å². The topological polar surface area (TPSA) is 34.1 Å². The van der Waals surface area contributed by atoms with Gasteiger partial charge in [-0.3, -0.25) is 0 Å². The number of pyridine rings is 1. The third kappa shape index (κ3) is 2.68. The fourth-order valence-electron chi connectivity index (χ4n) is 2.86. The van der Waals surface area contributed by atoms with Crippen LogP contribution in [0.25, 0.3) is 10.8 Å². The summed E-state index contributed by atoms with van der Waals surface area (Å²) in [5.74, 6) is 1.83. The number of ether oxygens (including phenoxy) is 1. The highest BCUT2D eigenvalue weighted by atomic mass is 35.5. The number of nitrogens with one attached hydrogen (secondary N) is 1. The second kappa shape index (κ2) is 5.88. The molecular formula is C16H19ClN2O. The van der Waals surface area contributed by atoms with Gasteiger partial charge >= 0.3 is 0 Å². The first-order valence-electron chi connectivity index (χ1n) is 7.10. The molecule has 0 saturated heterocycles. The number of methoxy groups -OCH3 is 1. The highest BCUT2D eigenvalue weighted by Crippen LogP contribution is 2.31. The third-order valence-corrected chi connectivity index (χ3v) is 4.42. The molecule has 20 heavy (non-hydrogen) atoms. The van der Waals surface area contributed by atoms with Crippen LogP contribution in [-0.2, 0) is 0 Å². The van der Waals surface area contributed by atoms with Crippen LogP contribution in [0.2, 0.25) is 0 Å². The Morgan fingerprint density at radius 1 is 1.15 bits per heavy atom. The summed E-state index contributed by atoms with van der Waals surface area (Å²) >= 11 is 6.16. The molecule has 0 amide bonds. The maximum absolute atomic E-state index is 6.16. The monoisotopic (exact) mass is 290 g/mol. The van der Waals surface area contributed by atoms with E-state index in [1.54, 1.807) is 7.11 Å². The van der Waals surface area contributed by atoms with Crippen molar-refractivity contribution < 1.29 is 4.74 Å². The van der Waals surface area contributed by atoms with Gasteiger partial charge in [0.25, 0.3) is 0 Å². The fraction of sp³-hybridized carbons (Fsp3) is 0.438. The zero-order valence-corrected chi connectivity index (χ0v) is 12.4. The molecule has 2 aromatic rings. The van der Waals surface area contributed by atoms with E-state index < -0.39 is 0 Å². The number of fused-ring (bicyclic) bond motifs is 1. The van der Waals surface area contributed by atoms with E-state index in [9.17, 15) is 0 Å². The molecule has 1 aromatic carbocycles. The number of alkyl halides is 1. The minimum atomic E-state index is 0.341. The van der Waals surface area contributed by atoms with Gasteiger partial charge in [-0.15, -0.1) is 11.6 Å². The van der Waals surface area contributed by atoms with Crippen LogP contribution in [-0.4, -0.2) is 23.5 Å². The molecule has 0 bridgehead atoms. The predicted octanol–water partition coefficient (Wildman–Crippen LogP) is 4.21. The second-order valence-corrected chi connectivity index (χ2v) is 5.93. The molecule has 1 aliphatic carbocycles. The van der Waals surface area contributed by atoms with Gasteiger partial charge in [0.2, 0.25) is 0 Å². The van der Waals surface area contributed by atoms with Crippen molar-refractivity contribution in [1.29, 1.82) is 0 Å². The van der Waals surface area contributed by atoms with Crippen LogP contribution < -0.4 is 10.1 Å². The Morgan fingerprint density at radius 2 is 1.95 bits per heavy atom. The molecule has 0 unspecified atom stereocenters. The molecule has 3 nitrogen and oxygen atoms in total. The number of anilines is 1. The molecular weight excluding hydrogens is 272 g/mol. The van der Waals surface area contributed by atoms with Gasteiger partial charge in [0.05, 0.1) is 7.11 Å². The van der Waals surface area contributed by atoms with Gasteiger partial charge in [0, 0.05) is 28.4 Å². The summed E-state index contributed by atoms with van der Waals surface area (Å²) in [4.78, 5) is 4.50. The van der Waals surface area contributed by atoms with E-state index in [1.807, 2.05) is 24.4 Å². The number of rotatable bonds is 3. The average molecular weight is 291 g/mol. The Bertz CT molecular complexity index is 594. The standard InChI is InChI=1S/C16H19ClN2O/c1-20-15-4-2-3-14-13(15)9-10-18-16(14)19-12-7-5-11(17)6-8-12/h2-4,9-12H,5-8H2,1H3,(H,18,19). The minimum Gasteiger partial charge on any atom is -0.496 e. The summed E-state index contributed by atoms with van der Waals surface area (Å²) in [5, 5.41) is 6.12. The highest BCUT2D eigenvalue weighted by molar-refractivity contribution is 6.20. The first kappa shape index (κ1) is 13.5. The van der Waals surface area contributed by atoms with E-state index in [4.69, 9.17) is 16.3 Å². The molecule has 1 saturated carbocycles. The molecule has 106 valence electrons. The maximum Gasteiger partial charge on any atom is 0.134 e. The summed E-state index contributed by atoms with van der Waals surface area (Å²) < 4.78 is 5.41. The summed E-state index contributed by atoms with van der Waals surface area (Å²) in [6, 6.07) is 8.53. The average Bonchev–Trinajstić information content (AvgIpc) is 2.49. The van der Waals surface area contributed by atoms with Crippen molar-refractivity contribution in [2.24, 2.45) is 0 Å². The summed E-state index contributed by atoms with van der Waals surface area (Å²) in [6.45, 7) is 0. The molecule has 1 heterocycles. The van der Waals surface area contributed by atoms with Gasteiger partial charge in [0.1, 0.15) is 11.6 Å². The Morgan fingerprint density at radius 3 is 2.70 bits per heavy atom. The predicted molar refractivity (Wildman–Crippen MR) is 83.8 cm³/mol. The summed E-state index contributed by atoms with van der Waals surface area (Å²) in [6.07, 6.45) is 6.20. The lowest BCUT2D eigenvalue weighted by atomic mass is 9.95. The number of nitrogens with zero attached hydrogens (tertiary/aromatic N) is 1. The SMILES string of the molecule is COc1cccc2c(NC3CCC(Cl)CC3)nccc12. The van der Waals surface area contributed by atoms with Gasteiger partial charge in [-0.1, -0.05) is 12.1 Å². The van der Waals surface area contributed by atoms with Crippen molar-refractivity contribution in [2.45, 2.75) is 37.1 Å². The molecule has 1 N–H and O–H groups in total. The van der Waals surface area contributed by atoms with Crippen LogP contribution in [0.5, 0.6) is 5.75 Å². The lowest BCUT2D eigenvalue weighted by Crippen LogP contribution is -2.26. The van der Waals surface area contributed by atoms with E-state index in [2.05, 4.69) is 16.4 Å². The van der Waals surface area contributed by atoms with E-state index >= 15 is 0 Å². The quantitative estimate of drug-likeness (QED) is 0.860. The van der Waals surface area contributed by atoms with Crippen molar-refractivity contribution in [1.82, 2.24) is 4.98 Å². The second-order valence-electron chi connectivity index (χ2n) is 5.31. The van der Waals surface area contributed by atoms with Crippen LogP contribution >= 0.6 is 11.6 Å². The van der Waals surface area contributed by atoms with Crippen molar-refractivity contribution >= 4 is 28.2 Å². The Hall–Kier alpha value is -1.48. The zero-order chi connectivity index (χ0) is 13.9. The number of aromatic nitrogens is 1. The number of benzene rings is 1. The first-order valence-corrected chi connectivity index (χ1v) is 7.54. The molecule has 1 aliphatic rings. The van der Waals surface area contributed by atoms with Crippen LogP contribution in [0.1, 0.15) is 25.7 Å². The lowest BCUT2D eigenvalue weighted by molar-refractivity contribution is 0.420. The Balaban J connectivity index is 1.88. The molecule has 0 aliphatic heterocycles. The molecule has 4 heteroatoms. The zero-order valence-electron chi connectivity index (χ0n) is 11.6. The van der Waals surface area contributed by atoms with E-state index in [1.165, 1.54) is 0 Å². The molecule has 1 fully saturated rings. The van der Waals surface area contributed by atoms with Crippen molar-refractivity contribution in [3.8, 4) is 5.75 Å².